The van der Waals surface area contributed by atoms with Crippen molar-refractivity contribution in [3.63, 3.8) is 0 Å². The van der Waals surface area contributed by atoms with Gasteiger partial charge in [0.05, 0.1) is 6.04 Å². The van der Waals surface area contributed by atoms with Crippen LogP contribution in [0.5, 0.6) is 5.75 Å². The predicted molar refractivity (Wildman–Crippen MR) is 123 cm³/mol. The Bertz CT molecular complexity index is 1190. The number of halogens is 1. The van der Waals surface area contributed by atoms with Crippen molar-refractivity contribution in [1.82, 2.24) is 15.2 Å². The zero-order valence-electron chi connectivity index (χ0n) is 18.2. The summed E-state index contributed by atoms with van der Waals surface area (Å²) in [5, 5.41) is 5.40. The van der Waals surface area contributed by atoms with Crippen LogP contribution in [0.3, 0.4) is 0 Å². The minimum absolute atomic E-state index is 0.0268. The maximum atomic E-state index is 13.5. The maximum absolute atomic E-state index is 13.5. The third kappa shape index (κ3) is 4.75. The second kappa shape index (κ2) is 8.94. The van der Waals surface area contributed by atoms with E-state index in [1.54, 1.807) is 24.4 Å². The van der Waals surface area contributed by atoms with Crippen LogP contribution in [0.25, 0.3) is 0 Å². The molecule has 0 bridgehead atoms. The van der Waals surface area contributed by atoms with E-state index in [-0.39, 0.29) is 36.3 Å². The van der Waals surface area contributed by atoms with Gasteiger partial charge in [-0.25, -0.2) is 9.37 Å². The highest BCUT2D eigenvalue weighted by molar-refractivity contribution is 7.09. The average molecular weight is 466 g/mol. The quantitative estimate of drug-likeness (QED) is 0.591. The fourth-order valence-corrected chi connectivity index (χ4v) is 4.83. The Morgan fingerprint density at radius 3 is 2.73 bits per heavy atom. The van der Waals surface area contributed by atoms with Gasteiger partial charge >= 0.3 is 0 Å². The van der Waals surface area contributed by atoms with E-state index in [0.29, 0.717) is 23.0 Å². The minimum Gasteiger partial charge on any atom is -0.486 e. The molecule has 1 atom stereocenters. The first-order valence-corrected chi connectivity index (χ1v) is 11.9. The molecule has 0 spiro atoms. The fraction of sp³-hybridized carbons (Fsp3) is 0.320. The van der Waals surface area contributed by atoms with E-state index >= 15 is 0 Å². The molecule has 6 nitrogen and oxygen atoms in total. The van der Waals surface area contributed by atoms with Crippen LogP contribution in [0.15, 0.2) is 47.8 Å². The molecule has 1 N–H and O–H groups in total. The normalized spacial score (nSPS) is 17.4. The highest BCUT2D eigenvalue weighted by Gasteiger charge is 2.31. The van der Waals surface area contributed by atoms with Crippen LogP contribution >= 0.6 is 11.3 Å². The highest BCUT2D eigenvalue weighted by atomic mass is 32.1. The summed E-state index contributed by atoms with van der Waals surface area (Å²) in [6.45, 7) is 2.41. The van der Waals surface area contributed by atoms with Crippen molar-refractivity contribution in [2.24, 2.45) is 0 Å². The van der Waals surface area contributed by atoms with Crippen molar-refractivity contribution in [3.8, 4) is 5.75 Å². The monoisotopic (exact) mass is 465 g/mol. The lowest BCUT2D eigenvalue weighted by molar-refractivity contribution is -0.130. The lowest BCUT2D eigenvalue weighted by atomic mass is 9.88. The van der Waals surface area contributed by atoms with Gasteiger partial charge in [0.15, 0.2) is 0 Å². The van der Waals surface area contributed by atoms with Crippen molar-refractivity contribution in [2.45, 2.75) is 44.9 Å². The molecule has 1 unspecified atom stereocenters. The molecule has 1 saturated carbocycles. The largest absolute Gasteiger partial charge is 0.486 e. The maximum Gasteiger partial charge on any atom is 0.270 e. The predicted octanol–water partition coefficient (Wildman–Crippen LogP) is 4.25. The Kier molecular flexibility index (Phi) is 5.85. The number of amides is 2. The summed E-state index contributed by atoms with van der Waals surface area (Å²) in [5.74, 6) is 0.182. The Hall–Kier alpha value is -3.26. The summed E-state index contributed by atoms with van der Waals surface area (Å²) >= 11 is 1.39. The van der Waals surface area contributed by atoms with Crippen LogP contribution in [0.2, 0.25) is 0 Å². The molecule has 0 radical (unpaired) electrons. The Labute approximate surface area is 195 Å². The number of rotatable bonds is 6. The highest BCUT2D eigenvalue weighted by Crippen LogP contribution is 2.37. The van der Waals surface area contributed by atoms with E-state index in [0.717, 1.165) is 36.0 Å². The topological polar surface area (TPSA) is 71.5 Å². The lowest BCUT2D eigenvalue weighted by Gasteiger charge is -2.37. The van der Waals surface area contributed by atoms with Crippen LogP contribution in [0, 0.1) is 5.82 Å². The molecule has 5 rings (SSSR count). The van der Waals surface area contributed by atoms with Gasteiger partial charge in [0, 0.05) is 24.9 Å². The third-order valence-corrected chi connectivity index (χ3v) is 6.82. The Balaban J connectivity index is 1.35. The average Bonchev–Trinajstić information content (AvgIpc) is 3.50. The van der Waals surface area contributed by atoms with E-state index < -0.39 is 0 Å². The van der Waals surface area contributed by atoms with Gasteiger partial charge in [0.1, 0.15) is 28.9 Å². The van der Waals surface area contributed by atoms with Crippen LogP contribution in [-0.4, -0.2) is 34.3 Å². The molecule has 1 aliphatic carbocycles. The van der Waals surface area contributed by atoms with E-state index in [9.17, 15) is 14.0 Å². The first-order chi connectivity index (χ1) is 16.0. The summed E-state index contributed by atoms with van der Waals surface area (Å²) < 4.78 is 19.5. The van der Waals surface area contributed by atoms with Crippen molar-refractivity contribution < 1.29 is 18.7 Å². The lowest BCUT2D eigenvalue weighted by Crippen LogP contribution is -2.39. The molecule has 1 aliphatic heterocycles. The number of carbonyl (C=O) groups is 2. The molecule has 2 heterocycles. The second-order valence-corrected chi connectivity index (χ2v) is 9.38. The number of benzene rings is 2. The SMILES string of the molecule is CC(=O)N1CCc2ccc(OCc3nc(C(=O)NC4CC4)cs3)cc2C1c1ccc(F)cc1. The number of carbonyl (C=O) groups excluding carboxylic acids is 2. The molecule has 3 aromatic rings. The van der Waals surface area contributed by atoms with Gasteiger partial charge in [0.2, 0.25) is 5.91 Å². The number of aromatic nitrogens is 1. The molecule has 2 aromatic carbocycles. The molecule has 1 aromatic heterocycles. The molecule has 8 heteroatoms. The number of ether oxygens (including phenoxy) is 1. The van der Waals surface area contributed by atoms with Crippen LogP contribution in [0.1, 0.15) is 58.0 Å². The standard InChI is InChI=1S/C25H24FN3O3S/c1-15(30)29-11-10-16-4-9-20(12-21(16)24(29)17-2-5-18(26)6-3-17)32-13-23-28-22(14-33-23)25(31)27-19-7-8-19/h2-6,9,12,14,19,24H,7-8,10-11,13H2,1H3,(H,27,31). The van der Waals surface area contributed by atoms with E-state index in [2.05, 4.69) is 10.3 Å². The second-order valence-electron chi connectivity index (χ2n) is 8.44. The van der Waals surface area contributed by atoms with Gasteiger partial charge in [-0.1, -0.05) is 18.2 Å². The Morgan fingerprint density at radius 1 is 1.21 bits per heavy atom. The molecule has 170 valence electrons. The smallest absolute Gasteiger partial charge is 0.270 e. The number of nitrogens with zero attached hydrogens (tertiary/aromatic N) is 2. The van der Waals surface area contributed by atoms with Gasteiger partial charge in [0.25, 0.3) is 5.91 Å². The van der Waals surface area contributed by atoms with Gasteiger partial charge in [-0.15, -0.1) is 11.3 Å². The Morgan fingerprint density at radius 2 is 2.00 bits per heavy atom. The first-order valence-electron chi connectivity index (χ1n) is 11.0. The van der Waals surface area contributed by atoms with Gasteiger partial charge < -0.3 is 15.0 Å². The minimum atomic E-state index is -0.310. The van der Waals surface area contributed by atoms with E-state index in [1.807, 2.05) is 23.1 Å². The van der Waals surface area contributed by atoms with Gasteiger partial charge in [-0.2, -0.15) is 0 Å². The van der Waals surface area contributed by atoms with Gasteiger partial charge in [-0.05, 0) is 60.2 Å². The molecular weight excluding hydrogens is 441 g/mol. The van der Waals surface area contributed by atoms with Crippen LogP contribution < -0.4 is 10.1 Å². The molecule has 1 fully saturated rings. The van der Waals surface area contributed by atoms with E-state index in [1.165, 1.54) is 23.5 Å². The number of hydrogen-bond donors (Lipinski definition) is 1. The number of nitrogens with one attached hydrogen (secondary N) is 1. The number of thiazole rings is 1. The van der Waals surface area contributed by atoms with Crippen molar-refractivity contribution in [1.29, 1.82) is 0 Å². The number of hydrogen-bond acceptors (Lipinski definition) is 5. The number of fused-ring (bicyclic) bond motifs is 1. The van der Waals surface area contributed by atoms with Crippen molar-refractivity contribution >= 4 is 23.2 Å². The molecule has 2 amide bonds. The van der Waals surface area contributed by atoms with E-state index in [4.69, 9.17) is 4.74 Å². The molecule has 2 aliphatic rings. The van der Waals surface area contributed by atoms with Crippen LogP contribution in [0.4, 0.5) is 4.39 Å². The summed E-state index contributed by atoms with van der Waals surface area (Å²) in [5.41, 5.74) is 3.40. The third-order valence-electron chi connectivity index (χ3n) is 6.00. The van der Waals surface area contributed by atoms with Crippen molar-refractivity contribution in [2.75, 3.05) is 6.54 Å². The summed E-state index contributed by atoms with van der Waals surface area (Å²) in [6, 6.07) is 12.2. The summed E-state index contributed by atoms with van der Waals surface area (Å²) in [7, 11) is 0. The van der Waals surface area contributed by atoms with Crippen molar-refractivity contribution in [3.05, 3.63) is 81.1 Å². The summed E-state index contributed by atoms with van der Waals surface area (Å²) in [4.78, 5) is 30.7. The molecule has 0 saturated heterocycles. The molecule has 33 heavy (non-hydrogen) atoms. The molecular formula is C25H24FN3O3S. The van der Waals surface area contributed by atoms with Gasteiger partial charge in [-0.3, -0.25) is 9.59 Å². The van der Waals surface area contributed by atoms with Crippen LogP contribution in [-0.2, 0) is 17.8 Å². The summed E-state index contributed by atoms with van der Waals surface area (Å²) in [6.07, 6.45) is 2.81. The fourth-order valence-electron chi connectivity index (χ4n) is 4.14. The first kappa shape index (κ1) is 21.6. The zero-order valence-corrected chi connectivity index (χ0v) is 19.0. The zero-order chi connectivity index (χ0) is 22.9.